The van der Waals surface area contributed by atoms with E-state index in [1.54, 1.807) is 17.4 Å². The summed E-state index contributed by atoms with van der Waals surface area (Å²) in [5.41, 5.74) is 1.31. The van der Waals surface area contributed by atoms with Crippen LogP contribution in [0.15, 0.2) is 40.4 Å². The number of hydrogen-bond acceptors (Lipinski definition) is 5. The molecule has 0 bridgehead atoms. The first-order valence-electron chi connectivity index (χ1n) is 7.62. The number of carbonyl (C=O) groups excluding carboxylic acids is 1. The third-order valence-electron chi connectivity index (χ3n) is 3.78. The predicted octanol–water partition coefficient (Wildman–Crippen LogP) is 2.91. The molecule has 7 heteroatoms. The highest BCUT2D eigenvalue weighted by atomic mass is 32.1. The van der Waals surface area contributed by atoms with Crippen LogP contribution in [0.1, 0.15) is 35.0 Å². The van der Waals surface area contributed by atoms with E-state index >= 15 is 0 Å². The Morgan fingerprint density at radius 3 is 3.13 bits per heavy atom. The maximum Gasteiger partial charge on any atom is 0.273 e. The first-order valence-corrected chi connectivity index (χ1v) is 8.50. The SMILES string of the molecule is O=C(NCCn1ccc(-c2cccs2)n1)c1cc(C2CC2)on1. The molecule has 1 amide bonds. The summed E-state index contributed by atoms with van der Waals surface area (Å²) in [6.45, 7) is 1.11. The topological polar surface area (TPSA) is 73.0 Å². The normalized spacial score (nSPS) is 14.1. The van der Waals surface area contributed by atoms with E-state index in [1.165, 1.54) is 0 Å². The van der Waals surface area contributed by atoms with Crippen LogP contribution in [0.2, 0.25) is 0 Å². The van der Waals surface area contributed by atoms with Gasteiger partial charge < -0.3 is 9.84 Å². The number of carbonyl (C=O) groups is 1. The van der Waals surface area contributed by atoms with Crippen LogP contribution in [0.25, 0.3) is 10.6 Å². The van der Waals surface area contributed by atoms with Crippen LogP contribution in [0.4, 0.5) is 0 Å². The Labute approximate surface area is 137 Å². The van der Waals surface area contributed by atoms with Gasteiger partial charge in [0.15, 0.2) is 5.69 Å². The number of rotatable bonds is 6. The molecule has 0 radical (unpaired) electrons. The fourth-order valence-electron chi connectivity index (χ4n) is 2.37. The summed E-state index contributed by atoms with van der Waals surface area (Å²) in [5, 5.41) is 13.2. The Morgan fingerprint density at radius 2 is 2.35 bits per heavy atom. The molecule has 0 aliphatic heterocycles. The van der Waals surface area contributed by atoms with Gasteiger partial charge >= 0.3 is 0 Å². The largest absolute Gasteiger partial charge is 0.360 e. The summed E-state index contributed by atoms with van der Waals surface area (Å²) >= 11 is 1.66. The van der Waals surface area contributed by atoms with Crippen molar-refractivity contribution in [3.05, 3.63) is 47.3 Å². The van der Waals surface area contributed by atoms with E-state index in [2.05, 4.69) is 15.6 Å². The Bertz CT molecular complexity index is 802. The van der Waals surface area contributed by atoms with Crippen molar-refractivity contribution in [1.29, 1.82) is 0 Å². The van der Waals surface area contributed by atoms with Gasteiger partial charge in [-0.25, -0.2) is 0 Å². The van der Waals surface area contributed by atoms with Gasteiger partial charge in [-0.05, 0) is 30.4 Å². The summed E-state index contributed by atoms with van der Waals surface area (Å²) in [4.78, 5) is 13.2. The van der Waals surface area contributed by atoms with E-state index in [-0.39, 0.29) is 5.91 Å². The lowest BCUT2D eigenvalue weighted by Gasteiger charge is -2.03. The molecule has 3 heterocycles. The Kier molecular flexibility index (Phi) is 3.70. The second-order valence-electron chi connectivity index (χ2n) is 5.59. The number of amides is 1. The molecule has 0 aromatic carbocycles. The molecule has 3 aromatic rings. The van der Waals surface area contributed by atoms with E-state index < -0.39 is 0 Å². The molecular weight excluding hydrogens is 312 g/mol. The summed E-state index contributed by atoms with van der Waals surface area (Å²) in [6, 6.07) is 7.77. The summed E-state index contributed by atoms with van der Waals surface area (Å²) in [6.07, 6.45) is 4.17. The van der Waals surface area contributed by atoms with Crippen molar-refractivity contribution in [2.75, 3.05) is 6.54 Å². The number of nitrogens with one attached hydrogen (secondary N) is 1. The second kappa shape index (κ2) is 6.00. The van der Waals surface area contributed by atoms with Crippen LogP contribution in [0, 0.1) is 0 Å². The van der Waals surface area contributed by atoms with Crippen LogP contribution in [-0.4, -0.2) is 27.4 Å². The van der Waals surface area contributed by atoms with Crippen LogP contribution in [0.5, 0.6) is 0 Å². The summed E-state index contributed by atoms with van der Waals surface area (Å²) < 4.78 is 7.02. The van der Waals surface area contributed by atoms with Crippen LogP contribution in [0.3, 0.4) is 0 Å². The van der Waals surface area contributed by atoms with Gasteiger partial charge in [0, 0.05) is 24.7 Å². The maximum atomic E-state index is 12.0. The molecule has 3 aromatic heterocycles. The molecule has 23 heavy (non-hydrogen) atoms. The molecular formula is C16H16N4O2S. The lowest BCUT2D eigenvalue weighted by atomic mass is 10.3. The molecule has 1 saturated carbocycles. The van der Waals surface area contributed by atoms with Crippen molar-refractivity contribution in [2.45, 2.75) is 25.3 Å². The predicted molar refractivity (Wildman–Crippen MR) is 86.4 cm³/mol. The van der Waals surface area contributed by atoms with Gasteiger partial charge in [-0.15, -0.1) is 11.3 Å². The van der Waals surface area contributed by atoms with Crippen molar-refractivity contribution in [3.63, 3.8) is 0 Å². The van der Waals surface area contributed by atoms with Gasteiger partial charge in [-0.3, -0.25) is 9.48 Å². The number of hydrogen-bond donors (Lipinski definition) is 1. The molecule has 4 rings (SSSR count). The molecule has 6 nitrogen and oxygen atoms in total. The molecule has 0 atom stereocenters. The fourth-order valence-corrected chi connectivity index (χ4v) is 3.06. The average Bonchev–Trinajstić information content (AvgIpc) is 3.03. The van der Waals surface area contributed by atoms with Crippen molar-refractivity contribution in [1.82, 2.24) is 20.3 Å². The Balaban J connectivity index is 1.30. The molecule has 0 saturated heterocycles. The maximum absolute atomic E-state index is 12.0. The molecule has 1 fully saturated rings. The highest BCUT2D eigenvalue weighted by Crippen LogP contribution is 2.40. The van der Waals surface area contributed by atoms with Crippen LogP contribution >= 0.6 is 11.3 Å². The minimum Gasteiger partial charge on any atom is -0.360 e. The van der Waals surface area contributed by atoms with E-state index in [0.717, 1.165) is 29.2 Å². The van der Waals surface area contributed by atoms with Crippen LogP contribution in [-0.2, 0) is 6.54 Å². The average molecular weight is 328 g/mol. The monoisotopic (exact) mass is 328 g/mol. The van der Waals surface area contributed by atoms with Crippen molar-refractivity contribution >= 4 is 17.2 Å². The highest BCUT2D eigenvalue weighted by molar-refractivity contribution is 7.13. The highest BCUT2D eigenvalue weighted by Gasteiger charge is 2.28. The zero-order valence-electron chi connectivity index (χ0n) is 12.4. The number of thiophene rings is 1. The van der Waals surface area contributed by atoms with Gasteiger partial charge in [0.1, 0.15) is 11.5 Å². The number of aromatic nitrogens is 3. The summed E-state index contributed by atoms with van der Waals surface area (Å²) in [7, 11) is 0. The Hall–Kier alpha value is -2.41. The van der Waals surface area contributed by atoms with E-state index in [1.807, 2.05) is 34.5 Å². The van der Waals surface area contributed by atoms with Gasteiger partial charge in [0.2, 0.25) is 0 Å². The first kappa shape index (κ1) is 14.2. The summed E-state index contributed by atoms with van der Waals surface area (Å²) in [5.74, 6) is 1.08. The molecule has 1 aliphatic carbocycles. The van der Waals surface area contributed by atoms with E-state index in [4.69, 9.17) is 4.52 Å². The minimum absolute atomic E-state index is 0.203. The molecule has 1 N–H and O–H groups in total. The third-order valence-corrected chi connectivity index (χ3v) is 4.67. The second-order valence-corrected chi connectivity index (χ2v) is 6.53. The van der Waals surface area contributed by atoms with Crippen molar-refractivity contribution in [2.24, 2.45) is 0 Å². The molecule has 0 spiro atoms. The molecule has 118 valence electrons. The fraction of sp³-hybridized carbons (Fsp3) is 0.312. The van der Waals surface area contributed by atoms with E-state index in [0.29, 0.717) is 24.7 Å². The number of nitrogens with zero attached hydrogens (tertiary/aromatic N) is 3. The van der Waals surface area contributed by atoms with Crippen LogP contribution < -0.4 is 5.32 Å². The Morgan fingerprint density at radius 1 is 1.43 bits per heavy atom. The minimum atomic E-state index is -0.203. The standard InChI is InChI=1S/C16H16N4O2S/c21-16(13-10-14(22-19-13)11-3-4-11)17-6-8-20-7-5-12(18-20)15-2-1-9-23-15/h1-2,5,7,9-11H,3-4,6,8H2,(H,17,21). The first-order chi connectivity index (χ1) is 11.3. The molecule has 0 unspecified atom stereocenters. The zero-order chi connectivity index (χ0) is 15.6. The lowest BCUT2D eigenvalue weighted by Crippen LogP contribution is -2.27. The van der Waals surface area contributed by atoms with Gasteiger partial charge in [-0.2, -0.15) is 5.10 Å². The quantitative estimate of drug-likeness (QED) is 0.755. The lowest BCUT2D eigenvalue weighted by molar-refractivity contribution is 0.0943. The smallest absolute Gasteiger partial charge is 0.273 e. The van der Waals surface area contributed by atoms with Gasteiger partial charge in [0.05, 0.1) is 11.4 Å². The van der Waals surface area contributed by atoms with Crippen molar-refractivity contribution in [3.8, 4) is 10.6 Å². The van der Waals surface area contributed by atoms with Crippen molar-refractivity contribution < 1.29 is 9.32 Å². The van der Waals surface area contributed by atoms with Gasteiger partial charge in [-0.1, -0.05) is 11.2 Å². The van der Waals surface area contributed by atoms with Gasteiger partial charge in [0.25, 0.3) is 5.91 Å². The molecule has 1 aliphatic rings. The third kappa shape index (κ3) is 3.19. The zero-order valence-corrected chi connectivity index (χ0v) is 13.3. The van der Waals surface area contributed by atoms with E-state index in [9.17, 15) is 4.79 Å².